The largest absolute Gasteiger partial charge is 0.366 e. The number of amides is 1. The maximum Gasteiger partial charge on any atom is 0.273 e. The molecular formula is C17H13N3O4. The summed E-state index contributed by atoms with van der Waals surface area (Å²) in [6.45, 7) is 1.52. The number of nitro groups is 1. The van der Waals surface area contributed by atoms with Crippen LogP contribution in [0.1, 0.15) is 26.3 Å². The van der Waals surface area contributed by atoms with Crippen LogP contribution in [0.15, 0.2) is 48.7 Å². The lowest BCUT2D eigenvalue weighted by Gasteiger charge is -2.07. The zero-order valence-electron chi connectivity index (χ0n) is 12.7. The summed E-state index contributed by atoms with van der Waals surface area (Å²) in [5, 5.41) is 11.6. The molecule has 0 saturated heterocycles. The van der Waals surface area contributed by atoms with E-state index < -0.39 is 16.7 Å². The maximum atomic E-state index is 12.9. The van der Waals surface area contributed by atoms with Gasteiger partial charge in [0.05, 0.1) is 21.6 Å². The van der Waals surface area contributed by atoms with Gasteiger partial charge in [0.25, 0.3) is 17.5 Å². The highest BCUT2D eigenvalue weighted by Gasteiger charge is 2.22. The Bertz CT molecular complexity index is 1000. The number of carbonyl (C=O) groups is 2. The first-order valence-corrected chi connectivity index (χ1v) is 7.10. The number of aromatic nitrogens is 1. The first kappa shape index (κ1) is 15.4. The highest BCUT2D eigenvalue weighted by atomic mass is 16.6. The summed E-state index contributed by atoms with van der Waals surface area (Å²) in [6, 6.07) is 11.2. The molecule has 0 aliphatic carbocycles. The Balaban J connectivity index is 2.22. The number of nitrogens with two attached hydrogens (primary N) is 1. The van der Waals surface area contributed by atoms with Crippen LogP contribution in [0.25, 0.3) is 10.9 Å². The second kappa shape index (κ2) is 5.62. The fourth-order valence-corrected chi connectivity index (χ4v) is 2.73. The third-order valence-corrected chi connectivity index (χ3v) is 3.93. The Morgan fingerprint density at radius 1 is 1.08 bits per heavy atom. The van der Waals surface area contributed by atoms with Crippen molar-refractivity contribution < 1.29 is 14.5 Å². The number of nitro benzene ring substituents is 1. The molecule has 3 rings (SSSR count). The predicted molar refractivity (Wildman–Crippen MR) is 88.0 cm³/mol. The van der Waals surface area contributed by atoms with Crippen molar-refractivity contribution in [1.29, 1.82) is 0 Å². The average molecular weight is 323 g/mol. The maximum absolute atomic E-state index is 12.9. The molecule has 2 N–H and O–H groups in total. The lowest BCUT2D eigenvalue weighted by atomic mass is 10.1. The molecule has 0 atom stereocenters. The Morgan fingerprint density at radius 2 is 1.79 bits per heavy atom. The third kappa shape index (κ3) is 2.32. The number of rotatable bonds is 3. The second-order valence-corrected chi connectivity index (χ2v) is 5.31. The summed E-state index contributed by atoms with van der Waals surface area (Å²) in [4.78, 5) is 35.0. The lowest BCUT2D eigenvalue weighted by molar-refractivity contribution is -0.385. The fourth-order valence-electron chi connectivity index (χ4n) is 2.73. The Hall–Kier alpha value is -3.48. The number of hydrogen-bond acceptors (Lipinski definition) is 4. The number of nitrogens with zero attached hydrogens (tertiary/aromatic N) is 2. The fraction of sp³-hybridized carbons (Fsp3) is 0.0588. The van der Waals surface area contributed by atoms with Crippen LogP contribution in [0.5, 0.6) is 0 Å². The van der Waals surface area contributed by atoms with E-state index in [2.05, 4.69) is 0 Å². The van der Waals surface area contributed by atoms with Crippen molar-refractivity contribution in [2.45, 2.75) is 6.92 Å². The summed E-state index contributed by atoms with van der Waals surface area (Å²) < 4.78 is 1.29. The molecule has 0 radical (unpaired) electrons. The monoisotopic (exact) mass is 323 g/mol. The standard InChI is InChI=1S/C17H13N3O4/c1-10-11(6-4-8-14(10)20(23)24)17(22)19-9-13(16(18)21)12-5-2-3-7-15(12)19/h2-9H,1H3,(H2,18,21). The molecule has 0 aliphatic heterocycles. The molecule has 0 saturated carbocycles. The summed E-state index contributed by atoms with van der Waals surface area (Å²) in [5.41, 5.74) is 6.45. The van der Waals surface area contributed by atoms with E-state index in [0.29, 0.717) is 10.9 Å². The summed E-state index contributed by atoms with van der Waals surface area (Å²) in [7, 11) is 0. The SMILES string of the molecule is Cc1c(C(=O)n2cc(C(N)=O)c3ccccc32)cccc1[N+](=O)[O-]. The van der Waals surface area contributed by atoms with Gasteiger partial charge in [0, 0.05) is 23.2 Å². The molecule has 1 heterocycles. The highest BCUT2D eigenvalue weighted by Crippen LogP contribution is 2.25. The molecule has 2 aromatic carbocycles. The summed E-state index contributed by atoms with van der Waals surface area (Å²) in [5.74, 6) is -1.10. The van der Waals surface area contributed by atoms with E-state index in [9.17, 15) is 19.7 Å². The van der Waals surface area contributed by atoms with E-state index >= 15 is 0 Å². The molecule has 0 aliphatic rings. The molecule has 0 spiro atoms. The number of primary amides is 1. The number of para-hydroxylation sites is 1. The molecular weight excluding hydrogens is 310 g/mol. The topological polar surface area (TPSA) is 108 Å². The van der Waals surface area contributed by atoms with E-state index in [1.165, 1.54) is 35.9 Å². The van der Waals surface area contributed by atoms with Gasteiger partial charge in [-0.2, -0.15) is 0 Å². The van der Waals surface area contributed by atoms with Crippen LogP contribution in [-0.4, -0.2) is 21.3 Å². The van der Waals surface area contributed by atoms with Gasteiger partial charge in [-0.05, 0) is 19.1 Å². The first-order valence-electron chi connectivity index (χ1n) is 7.10. The molecule has 24 heavy (non-hydrogen) atoms. The Kier molecular flexibility index (Phi) is 3.61. The summed E-state index contributed by atoms with van der Waals surface area (Å²) in [6.07, 6.45) is 1.37. The number of benzene rings is 2. The molecule has 0 fully saturated rings. The van der Waals surface area contributed by atoms with Crippen LogP contribution >= 0.6 is 0 Å². The molecule has 7 heteroatoms. The van der Waals surface area contributed by atoms with Gasteiger partial charge in [0.2, 0.25) is 0 Å². The number of hydrogen-bond donors (Lipinski definition) is 1. The van der Waals surface area contributed by atoms with Crippen LogP contribution in [0.3, 0.4) is 0 Å². The quantitative estimate of drug-likeness (QED) is 0.590. The van der Waals surface area contributed by atoms with Crippen molar-refractivity contribution in [3.8, 4) is 0 Å². The zero-order valence-corrected chi connectivity index (χ0v) is 12.7. The molecule has 1 aromatic heterocycles. The molecule has 7 nitrogen and oxygen atoms in total. The minimum absolute atomic E-state index is 0.132. The van der Waals surface area contributed by atoms with Crippen molar-refractivity contribution >= 4 is 28.4 Å². The van der Waals surface area contributed by atoms with E-state index in [4.69, 9.17) is 5.73 Å². The second-order valence-electron chi connectivity index (χ2n) is 5.31. The van der Waals surface area contributed by atoms with Crippen molar-refractivity contribution in [2.24, 2.45) is 5.73 Å². The Labute approximate surface area is 136 Å². The van der Waals surface area contributed by atoms with Crippen LogP contribution < -0.4 is 5.73 Å². The van der Waals surface area contributed by atoms with Gasteiger partial charge in [0.15, 0.2) is 0 Å². The molecule has 120 valence electrons. The van der Waals surface area contributed by atoms with E-state index in [1.54, 1.807) is 24.3 Å². The molecule has 0 bridgehead atoms. The van der Waals surface area contributed by atoms with Crippen LogP contribution in [0, 0.1) is 17.0 Å². The van der Waals surface area contributed by atoms with Crippen molar-refractivity contribution in [3.63, 3.8) is 0 Å². The minimum atomic E-state index is -0.645. The lowest BCUT2D eigenvalue weighted by Crippen LogP contribution is -2.14. The van der Waals surface area contributed by atoms with Gasteiger partial charge < -0.3 is 5.73 Å². The van der Waals surface area contributed by atoms with Gasteiger partial charge in [-0.1, -0.05) is 24.3 Å². The molecule has 0 unspecified atom stereocenters. The third-order valence-electron chi connectivity index (χ3n) is 3.93. The van der Waals surface area contributed by atoms with E-state index in [0.717, 1.165) is 0 Å². The molecule has 3 aromatic rings. The van der Waals surface area contributed by atoms with Gasteiger partial charge in [0.1, 0.15) is 0 Å². The van der Waals surface area contributed by atoms with E-state index in [-0.39, 0.29) is 22.4 Å². The van der Waals surface area contributed by atoms with Crippen molar-refractivity contribution in [2.75, 3.05) is 0 Å². The van der Waals surface area contributed by atoms with Crippen molar-refractivity contribution in [1.82, 2.24) is 4.57 Å². The number of carbonyl (C=O) groups excluding carboxylic acids is 2. The summed E-state index contributed by atoms with van der Waals surface area (Å²) >= 11 is 0. The zero-order chi connectivity index (χ0) is 17.4. The van der Waals surface area contributed by atoms with Gasteiger partial charge in [-0.15, -0.1) is 0 Å². The van der Waals surface area contributed by atoms with Gasteiger partial charge in [-0.25, -0.2) is 0 Å². The van der Waals surface area contributed by atoms with Crippen LogP contribution in [0.4, 0.5) is 5.69 Å². The molecule has 1 amide bonds. The van der Waals surface area contributed by atoms with Gasteiger partial charge >= 0.3 is 0 Å². The normalized spacial score (nSPS) is 10.7. The average Bonchev–Trinajstić information content (AvgIpc) is 2.94. The number of fused-ring (bicyclic) bond motifs is 1. The van der Waals surface area contributed by atoms with Crippen molar-refractivity contribution in [3.05, 3.63) is 75.5 Å². The van der Waals surface area contributed by atoms with Crippen LogP contribution in [-0.2, 0) is 0 Å². The van der Waals surface area contributed by atoms with E-state index in [1.807, 2.05) is 0 Å². The first-order chi connectivity index (χ1) is 11.4. The highest BCUT2D eigenvalue weighted by molar-refractivity contribution is 6.11. The van der Waals surface area contributed by atoms with Gasteiger partial charge in [-0.3, -0.25) is 24.3 Å². The Morgan fingerprint density at radius 3 is 2.46 bits per heavy atom. The predicted octanol–water partition coefficient (Wildman–Crippen LogP) is 2.65. The minimum Gasteiger partial charge on any atom is -0.366 e. The smallest absolute Gasteiger partial charge is 0.273 e. The van der Waals surface area contributed by atoms with Crippen LogP contribution in [0.2, 0.25) is 0 Å².